The maximum Gasteiger partial charge on any atom is 0.127 e. The summed E-state index contributed by atoms with van der Waals surface area (Å²) in [4.78, 5) is 5.69. The fourth-order valence-electron chi connectivity index (χ4n) is 14.4. The number of rotatable bonds is 6. The van der Waals surface area contributed by atoms with Crippen molar-refractivity contribution in [1.82, 2.24) is 4.98 Å². The lowest BCUT2D eigenvalue weighted by molar-refractivity contribution is 0.0763. The molecule has 0 spiro atoms. The van der Waals surface area contributed by atoms with E-state index in [2.05, 4.69) is 168 Å². The fraction of sp³-hybridized carbons (Fsp3) is 0.525. The Labute approximate surface area is 381 Å². The molecule has 4 bridgehead atoms. The van der Waals surface area contributed by atoms with Gasteiger partial charge in [0.05, 0.1) is 11.4 Å². The first-order valence-corrected chi connectivity index (χ1v) is 24.9. The van der Waals surface area contributed by atoms with Crippen LogP contribution in [0.25, 0.3) is 44.8 Å². The molecule has 4 aliphatic rings. The molecule has 0 aliphatic heterocycles. The van der Waals surface area contributed by atoms with Crippen molar-refractivity contribution in [2.45, 2.75) is 169 Å². The van der Waals surface area contributed by atoms with Gasteiger partial charge in [-0.05, 0) is 204 Å². The third-order valence-corrected chi connectivity index (χ3v) is 16.4. The predicted octanol–water partition coefficient (Wildman–Crippen LogP) is 16.9. The van der Waals surface area contributed by atoms with Gasteiger partial charge in [-0.25, -0.2) is 4.98 Å². The Kier molecular flexibility index (Phi) is 11.2. The topological polar surface area (TPSA) is 33.1 Å². The Morgan fingerprint density at radius 3 is 1.51 bits per heavy atom. The van der Waals surface area contributed by atoms with E-state index < -0.39 is 0 Å². The highest BCUT2D eigenvalue weighted by molar-refractivity contribution is 5.89. The molecule has 1 N–H and O–H groups in total. The van der Waals surface area contributed by atoms with Gasteiger partial charge in [0.2, 0.25) is 0 Å². The van der Waals surface area contributed by atoms with Gasteiger partial charge in [-0.1, -0.05) is 129 Å². The smallest absolute Gasteiger partial charge is 0.127 e. The number of hydrogen-bond donors (Lipinski definition) is 1. The molecule has 9 rings (SSSR count). The third-order valence-electron chi connectivity index (χ3n) is 16.4. The van der Waals surface area contributed by atoms with Crippen molar-refractivity contribution in [3.63, 3.8) is 0 Å². The molecule has 63 heavy (non-hydrogen) atoms. The SMILES string of the molecule is Cc1cc(-c2ccc(C(C)(C)C)cc2-c2cccc(-c3cc(C(C)(C)C)ccc3-c3cc(C)cc(C45CC(C)CC(CC(C)C4)C5)c3O)n2)cc(C23CC(C)CC(CC(C)C2)C3)c1. The van der Waals surface area contributed by atoms with E-state index in [9.17, 15) is 5.11 Å². The van der Waals surface area contributed by atoms with Gasteiger partial charge in [0, 0.05) is 22.3 Å². The van der Waals surface area contributed by atoms with Crippen molar-refractivity contribution < 1.29 is 5.11 Å². The van der Waals surface area contributed by atoms with Crippen LogP contribution in [0.5, 0.6) is 5.75 Å². The number of aromatic hydroxyl groups is 1. The second kappa shape index (κ2) is 16.1. The number of fused-ring (bicyclic) bond motifs is 4. The minimum atomic E-state index is -0.0575. The standard InChI is InChI=1S/C61H77NO/c1-37-24-45(28-48(25-37)60-31-39(3)20-43(35-60)21-40(4)32-60)49-18-16-46(58(7,8)9)29-51(49)55-14-13-15-56(62-55)52-30-47(59(10,11)12)17-19-50(52)53-26-38(2)27-54(57(53)63)61-33-41(5)22-44(36-61)23-42(6)34-61/h13-19,24-30,39-44,63H,20-23,31-36H2,1-12H3. The van der Waals surface area contributed by atoms with E-state index in [0.29, 0.717) is 17.6 Å². The predicted molar refractivity (Wildman–Crippen MR) is 268 cm³/mol. The van der Waals surface area contributed by atoms with Crippen LogP contribution in [0.3, 0.4) is 0 Å². The Morgan fingerprint density at radius 1 is 0.492 bits per heavy atom. The lowest BCUT2D eigenvalue weighted by Crippen LogP contribution is -2.42. The minimum Gasteiger partial charge on any atom is -0.507 e. The van der Waals surface area contributed by atoms with Crippen LogP contribution in [0.1, 0.15) is 167 Å². The fourth-order valence-corrected chi connectivity index (χ4v) is 14.4. The van der Waals surface area contributed by atoms with Crippen LogP contribution in [0, 0.1) is 49.4 Å². The van der Waals surface area contributed by atoms with Crippen molar-refractivity contribution in [1.29, 1.82) is 0 Å². The minimum absolute atomic E-state index is 0.0183. The molecule has 332 valence electrons. The highest BCUT2D eigenvalue weighted by Crippen LogP contribution is 2.58. The van der Waals surface area contributed by atoms with Crippen molar-refractivity contribution in [2.24, 2.45) is 35.5 Å². The molecule has 5 aromatic rings. The number of nitrogens with zero attached hydrogens (tertiary/aromatic N) is 1. The Balaban J connectivity index is 1.20. The first-order valence-electron chi connectivity index (χ1n) is 24.9. The van der Waals surface area contributed by atoms with Crippen LogP contribution in [0.2, 0.25) is 0 Å². The molecule has 4 saturated carbocycles. The van der Waals surface area contributed by atoms with Crippen LogP contribution in [-0.4, -0.2) is 10.1 Å². The van der Waals surface area contributed by atoms with Crippen LogP contribution in [0.4, 0.5) is 0 Å². The van der Waals surface area contributed by atoms with Gasteiger partial charge in [-0.2, -0.15) is 0 Å². The summed E-state index contributed by atoms with van der Waals surface area (Å²) in [5, 5.41) is 12.7. The average Bonchev–Trinajstić information content (AvgIpc) is 3.19. The second-order valence-corrected chi connectivity index (χ2v) is 24.6. The van der Waals surface area contributed by atoms with E-state index in [1.807, 2.05) is 0 Å². The van der Waals surface area contributed by atoms with Gasteiger partial charge in [0.1, 0.15) is 5.75 Å². The monoisotopic (exact) mass is 840 g/mol. The first-order chi connectivity index (χ1) is 29.7. The summed E-state index contributed by atoms with van der Waals surface area (Å²) in [6.07, 6.45) is 12.8. The molecule has 4 atom stereocenters. The number of pyridine rings is 1. The van der Waals surface area contributed by atoms with E-state index in [-0.39, 0.29) is 21.7 Å². The largest absolute Gasteiger partial charge is 0.507 e. The molecule has 1 heterocycles. The van der Waals surface area contributed by atoms with E-state index in [1.165, 1.54) is 95.9 Å². The highest BCUT2D eigenvalue weighted by Gasteiger charge is 2.47. The van der Waals surface area contributed by atoms with Gasteiger partial charge in [0.15, 0.2) is 0 Å². The maximum atomic E-state index is 12.7. The molecule has 1 aromatic heterocycles. The summed E-state index contributed by atoms with van der Waals surface area (Å²) in [7, 11) is 0. The third kappa shape index (κ3) is 8.48. The highest BCUT2D eigenvalue weighted by atomic mass is 16.3. The lowest BCUT2D eigenvalue weighted by Gasteiger charge is -2.50. The summed E-state index contributed by atoms with van der Waals surface area (Å²) < 4.78 is 0. The van der Waals surface area contributed by atoms with Gasteiger partial charge < -0.3 is 5.11 Å². The molecule has 2 heteroatoms. The molecule has 4 aliphatic carbocycles. The Hall–Kier alpha value is -4.17. The number of phenols is 1. The Morgan fingerprint density at radius 2 is 0.968 bits per heavy atom. The zero-order valence-corrected chi connectivity index (χ0v) is 41.0. The van der Waals surface area contributed by atoms with Crippen molar-refractivity contribution in [3.05, 3.63) is 118 Å². The number of phenolic OH excluding ortho intramolecular Hbond substituents is 1. The van der Waals surface area contributed by atoms with Crippen LogP contribution >= 0.6 is 0 Å². The van der Waals surface area contributed by atoms with Gasteiger partial charge in [-0.3, -0.25) is 0 Å². The average molecular weight is 840 g/mol. The summed E-state index contributed by atoms with van der Waals surface area (Å²) in [6, 6.07) is 32.8. The van der Waals surface area contributed by atoms with Crippen molar-refractivity contribution in [2.75, 3.05) is 0 Å². The Bertz CT molecular complexity index is 2480. The number of aryl methyl sites for hydroxylation is 2. The molecule has 0 saturated heterocycles. The van der Waals surface area contributed by atoms with Crippen molar-refractivity contribution in [3.8, 4) is 50.5 Å². The van der Waals surface area contributed by atoms with E-state index in [1.54, 1.807) is 5.56 Å². The van der Waals surface area contributed by atoms with Crippen LogP contribution in [-0.2, 0) is 21.7 Å². The molecule has 2 nitrogen and oxygen atoms in total. The normalized spacial score (nSPS) is 28.5. The zero-order valence-electron chi connectivity index (χ0n) is 41.0. The zero-order chi connectivity index (χ0) is 44.8. The number of benzene rings is 4. The van der Waals surface area contributed by atoms with Crippen LogP contribution < -0.4 is 0 Å². The van der Waals surface area contributed by atoms with Gasteiger partial charge in [0.25, 0.3) is 0 Å². The van der Waals surface area contributed by atoms with Gasteiger partial charge in [-0.15, -0.1) is 0 Å². The molecular formula is C61H77NO. The van der Waals surface area contributed by atoms with E-state index in [4.69, 9.17) is 4.98 Å². The quantitative estimate of drug-likeness (QED) is 0.185. The van der Waals surface area contributed by atoms with Crippen LogP contribution in [0.15, 0.2) is 84.9 Å². The molecular weight excluding hydrogens is 763 g/mol. The van der Waals surface area contributed by atoms with Gasteiger partial charge >= 0.3 is 0 Å². The number of aromatic nitrogens is 1. The summed E-state index contributed by atoms with van der Waals surface area (Å²) in [5.74, 6) is 4.92. The molecule has 4 aromatic carbocycles. The molecule has 0 amide bonds. The summed E-state index contributed by atoms with van der Waals surface area (Å²) in [5.41, 5.74) is 16.8. The second-order valence-electron chi connectivity index (χ2n) is 24.6. The summed E-state index contributed by atoms with van der Waals surface area (Å²) >= 11 is 0. The first kappa shape index (κ1) is 44.1. The lowest BCUT2D eigenvalue weighted by atomic mass is 9.54. The maximum absolute atomic E-state index is 12.7. The summed E-state index contributed by atoms with van der Waals surface area (Å²) in [6.45, 7) is 28.3. The van der Waals surface area contributed by atoms with Crippen molar-refractivity contribution >= 4 is 0 Å². The number of hydrogen-bond acceptors (Lipinski definition) is 2. The van der Waals surface area contributed by atoms with E-state index in [0.717, 1.165) is 64.6 Å². The molecule has 4 fully saturated rings. The van der Waals surface area contributed by atoms with E-state index >= 15 is 0 Å². The molecule has 0 radical (unpaired) electrons. The molecule has 4 unspecified atom stereocenters.